The molecule has 0 aliphatic rings. The molecule has 1 atom stereocenters. The first-order chi connectivity index (χ1) is 12.4. The summed E-state index contributed by atoms with van der Waals surface area (Å²) in [6, 6.07) is 7.31. The first kappa shape index (κ1) is 16.7. The van der Waals surface area contributed by atoms with Crippen LogP contribution >= 0.6 is 11.8 Å². The standard InChI is InChI=1S/C18H18N6OS/c1-9-10(2)19-17-22-18(23-24(17)11(9)3)26-12(4)15-20-14-8-6-5-7-13(14)16(25)21-15/h5-8,12H,1-4H3,(H,20,21,25). The monoisotopic (exact) mass is 366 g/mol. The molecule has 0 bridgehead atoms. The summed E-state index contributed by atoms with van der Waals surface area (Å²) in [6.07, 6.45) is 0. The molecule has 0 amide bonds. The molecule has 132 valence electrons. The summed E-state index contributed by atoms with van der Waals surface area (Å²) in [4.78, 5) is 28.7. The predicted octanol–water partition coefficient (Wildman–Crippen LogP) is 3.14. The van der Waals surface area contributed by atoms with Crippen molar-refractivity contribution in [3.05, 3.63) is 57.4 Å². The highest BCUT2D eigenvalue weighted by molar-refractivity contribution is 7.99. The number of thioether (sulfide) groups is 1. The van der Waals surface area contributed by atoms with E-state index in [1.54, 1.807) is 10.6 Å². The van der Waals surface area contributed by atoms with E-state index in [0.29, 0.717) is 27.7 Å². The van der Waals surface area contributed by atoms with Crippen LogP contribution in [0.2, 0.25) is 0 Å². The number of para-hydroxylation sites is 1. The lowest BCUT2D eigenvalue weighted by Gasteiger charge is -2.08. The van der Waals surface area contributed by atoms with Gasteiger partial charge in [-0.2, -0.15) is 4.98 Å². The molecule has 1 N–H and O–H groups in total. The fourth-order valence-electron chi connectivity index (χ4n) is 2.80. The van der Waals surface area contributed by atoms with E-state index in [1.807, 2.05) is 45.9 Å². The van der Waals surface area contributed by atoms with Gasteiger partial charge in [-0.15, -0.1) is 5.10 Å². The lowest BCUT2D eigenvalue weighted by molar-refractivity contribution is 0.827. The number of hydrogen-bond donors (Lipinski definition) is 1. The number of benzene rings is 1. The molecule has 1 aromatic carbocycles. The summed E-state index contributed by atoms with van der Waals surface area (Å²) < 4.78 is 1.76. The molecule has 1 unspecified atom stereocenters. The van der Waals surface area contributed by atoms with Crippen molar-refractivity contribution in [2.75, 3.05) is 0 Å². The molecule has 0 radical (unpaired) electrons. The number of aromatic nitrogens is 6. The van der Waals surface area contributed by atoms with Gasteiger partial charge >= 0.3 is 0 Å². The maximum Gasteiger partial charge on any atom is 0.258 e. The van der Waals surface area contributed by atoms with Crippen molar-refractivity contribution in [2.45, 2.75) is 38.1 Å². The molecule has 7 nitrogen and oxygen atoms in total. The van der Waals surface area contributed by atoms with Crippen LogP contribution in [0.3, 0.4) is 0 Å². The highest BCUT2D eigenvalue weighted by Crippen LogP contribution is 2.31. The summed E-state index contributed by atoms with van der Waals surface area (Å²) in [6.45, 7) is 7.97. The van der Waals surface area contributed by atoms with Crippen LogP contribution in [0.25, 0.3) is 16.7 Å². The molecule has 4 aromatic rings. The molecule has 0 saturated carbocycles. The van der Waals surface area contributed by atoms with Gasteiger partial charge in [0.15, 0.2) is 0 Å². The van der Waals surface area contributed by atoms with Gasteiger partial charge in [0.25, 0.3) is 11.3 Å². The molecule has 0 aliphatic carbocycles. The molecule has 8 heteroatoms. The van der Waals surface area contributed by atoms with Crippen LogP contribution in [0.1, 0.15) is 34.9 Å². The minimum Gasteiger partial charge on any atom is -0.309 e. The maximum atomic E-state index is 12.3. The Morgan fingerprint density at radius 1 is 1.12 bits per heavy atom. The molecule has 3 aromatic heterocycles. The number of aryl methyl sites for hydroxylation is 2. The summed E-state index contributed by atoms with van der Waals surface area (Å²) in [5, 5.41) is 5.64. The van der Waals surface area contributed by atoms with Gasteiger partial charge in [-0.05, 0) is 45.4 Å². The van der Waals surface area contributed by atoms with Crippen LogP contribution in [-0.4, -0.2) is 29.5 Å². The quantitative estimate of drug-likeness (QED) is 0.560. The summed E-state index contributed by atoms with van der Waals surface area (Å²) >= 11 is 1.44. The van der Waals surface area contributed by atoms with Crippen molar-refractivity contribution in [1.29, 1.82) is 0 Å². The molecule has 0 fully saturated rings. The van der Waals surface area contributed by atoms with Crippen molar-refractivity contribution in [1.82, 2.24) is 29.5 Å². The minimum atomic E-state index is -0.134. The highest BCUT2D eigenvalue weighted by Gasteiger charge is 2.17. The third kappa shape index (κ3) is 2.76. The number of fused-ring (bicyclic) bond motifs is 2. The largest absolute Gasteiger partial charge is 0.309 e. The van der Waals surface area contributed by atoms with Crippen LogP contribution in [0.15, 0.2) is 34.2 Å². The normalized spacial score (nSPS) is 12.8. The van der Waals surface area contributed by atoms with Gasteiger partial charge in [0.05, 0.1) is 16.2 Å². The van der Waals surface area contributed by atoms with E-state index < -0.39 is 0 Å². The first-order valence-corrected chi connectivity index (χ1v) is 9.18. The average molecular weight is 366 g/mol. The van der Waals surface area contributed by atoms with E-state index in [9.17, 15) is 4.79 Å². The van der Waals surface area contributed by atoms with E-state index in [0.717, 1.165) is 17.0 Å². The number of H-pyrrole nitrogens is 1. The van der Waals surface area contributed by atoms with E-state index in [1.165, 1.54) is 11.8 Å². The van der Waals surface area contributed by atoms with Crippen molar-refractivity contribution >= 4 is 28.4 Å². The number of hydrogen-bond acceptors (Lipinski definition) is 6. The molecule has 0 spiro atoms. The van der Waals surface area contributed by atoms with Gasteiger partial charge in [-0.1, -0.05) is 23.9 Å². The maximum absolute atomic E-state index is 12.3. The smallest absolute Gasteiger partial charge is 0.258 e. The second-order valence-corrected chi connectivity index (χ2v) is 7.55. The third-order valence-electron chi connectivity index (χ3n) is 4.54. The van der Waals surface area contributed by atoms with Gasteiger partial charge in [0.1, 0.15) is 5.82 Å². The number of nitrogens with zero attached hydrogens (tertiary/aromatic N) is 5. The Bertz CT molecular complexity index is 1200. The molecular weight excluding hydrogens is 348 g/mol. The van der Waals surface area contributed by atoms with Gasteiger partial charge in [0.2, 0.25) is 5.16 Å². The molecule has 3 heterocycles. The Labute approximate surface area is 153 Å². The first-order valence-electron chi connectivity index (χ1n) is 8.30. The number of nitrogens with one attached hydrogen (secondary N) is 1. The highest BCUT2D eigenvalue weighted by atomic mass is 32.2. The minimum absolute atomic E-state index is 0.104. The zero-order valence-electron chi connectivity index (χ0n) is 14.9. The SMILES string of the molecule is Cc1nc2nc(SC(C)c3nc4ccccc4c(=O)[nH]3)nn2c(C)c1C. The lowest BCUT2D eigenvalue weighted by Crippen LogP contribution is -2.12. The molecule has 26 heavy (non-hydrogen) atoms. The van der Waals surface area contributed by atoms with E-state index in [2.05, 4.69) is 25.0 Å². The molecule has 4 rings (SSSR count). The molecular formula is C18H18N6OS. The van der Waals surface area contributed by atoms with Crippen molar-refractivity contribution < 1.29 is 0 Å². The topological polar surface area (TPSA) is 88.8 Å². The van der Waals surface area contributed by atoms with E-state index in [-0.39, 0.29) is 10.8 Å². The Balaban J connectivity index is 1.70. The van der Waals surface area contributed by atoms with Crippen LogP contribution in [0.5, 0.6) is 0 Å². The fourth-order valence-corrected chi connectivity index (χ4v) is 3.60. The lowest BCUT2D eigenvalue weighted by atomic mass is 10.2. The van der Waals surface area contributed by atoms with E-state index >= 15 is 0 Å². The van der Waals surface area contributed by atoms with Gasteiger partial charge < -0.3 is 4.98 Å². The molecule has 0 aliphatic heterocycles. The third-order valence-corrected chi connectivity index (χ3v) is 5.50. The summed E-state index contributed by atoms with van der Waals surface area (Å²) in [7, 11) is 0. The summed E-state index contributed by atoms with van der Waals surface area (Å²) in [5.74, 6) is 1.19. The van der Waals surface area contributed by atoms with Crippen molar-refractivity contribution in [3.8, 4) is 0 Å². The Morgan fingerprint density at radius 2 is 1.88 bits per heavy atom. The van der Waals surface area contributed by atoms with Crippen LogP contribution in [0.4, 0.5) is 0 Å². The van der Waals surface area contributed by atoms with Gasteiger partial charge in [-0.3, -0.25) is 4.79 Å². The van der Waals surface area contributed by atoms with Crippen molar-refractivity contribution in [3.63, 3.8) is 0 Å². The fraction of sp³-hybridized carbons (Fsp3) is 0.278. The molecule has 0 saturated heterocycles. The van der Waals surface area contributed by atoms with Gasteiger partial charge in [-0.25, -0.2) is 14.5 Å². The number of rotatable bonds is 3. The number of aromatic amines is 1. The Kier molecular flexibility index (Phi) is 3.99. The van der Waals surface area contributed by atoms with Crippen molar-refractivity contribution in [2.24, 2.45) is 0 Å². The zero-order chi connectivity index (χ0) is 18.4. The van der Waals surface area contributed by atoms with Crippen LogP contribution < -0.4 is 5.56 Å². The average Bonchev–Trinajstić information content (AvgIpc) is 3.02. The Hall–Kier alpha value is -2.74. The van der Waals surface area contributed by atoms with Crippen LogP contribution in [-0.2, 0) is 0 Å². The zero-order valence-corrected chi connectivity index (χ0v) is 15.8. The Morgan fingerprint density at radius 3 is 2.69 bits per heavy atom. The van der Waals surface area contributed by atoms with E-state index in [4.69, 9.17) is 0 Å². The predicted molar refractivity (Wildman–Crippen MR) is 102 cm³/mol. The summed E-state index contributed by atoms with van der Waals surface area (Å²) in [5.41, 5.74) is 3.63. The second-order valence-electron chi connectivity index (χ2n) is 6.24. The van der Waals surface area contributed by atoms with Gasteiger partial charge in [0, 0.05) is 11.4 Å². The van der Waals surface area contributed by atoms with Crippen LogP contribution in [0, 0.1) is 20.8 Å². The second kappa shape index (κ2) is 6.21.